The highest BCUT2D eigenvalue weighted by molar-refractivity contribution is 5.95. The number of para-hydroxylation sites is 1. The number of ether oxygens (including phenoxy) is 1. The van der Waals surface area contributed by atoms with E-state index in [1.807, 2.05) is 24.3 Å². The van der Waals surface area contributed by atoms with Crippen molar-refractivity contribution in [3.05, 3.63) is 41.7 Å². The Balaban J connectivity index is 1.74. The fourth-order valence-electron chi connectivity index (χ4n) is 2.19. The van der Waals surface area contributed by atoms with Crippen LogP contribution in [0.3, 0.4) is 0 Å². The minimum Gasteiger partial charge on any atom is -0.496 e. The van der Waals surface area contributed by atoms with Crippen molar-refractivity contribution in [1.29, 1.82) is 0 Å². The number of aromatic nitrogens is 1. The second-order valence-electron chi connectivity index (χ2n) is 5.50. The molecule has 0 aliphatic carbocycles. The molecule has 2 rings (SSSR count). The van der Waals surface area contributed by atoms with Gasteiger partial charge in [0.1, 0.15) is 17.6 Å². The van der Waals surface area contributed by atoms with Gasteiger partial charge in [-0.2, -0.15) is 0 Å². The Kier molecular flexibility index (Phi) is 6.39. The third-order valence-electron chi connectivity index (χ3n) is 3.49. The Bertz CT molecular complexity index is 729. The molecule has 0 fully saturated rings. The number of amides is 3. The summed E-state index contributed by atoms with van der Waals surface area (Å²) in [6, 6.07) is 8.06. The zero-order valence-corrected chi connectivity index (χ0v) is 14.5. The Morgan fingerprint density at radius 2 is 2.08 bits per heavy atom. The summed E-state index contributed by atoms with van der Waals surface area (Å²) < 4.78 is 10.1. The van der Waals surface area contributed by atoms with Crippen LogP contribution in [-0.4, -0.2) is 36.8 Å². The molecular weight excluding hydrogens is 324 g/mol. The van der Waals surface area contributed by atoms with Gasteiger partial charge in [0.15, 0.2) is 5.82 Å². The highest BCUT2D eigenvalue weighted by atomic mass is 16.5. The molecule has 0 spiro atoms. The number of urea groups is 1. The van der Waals surface area contributed by atoms with Gasteiger partial charge in [-0.3, -0.25) is 4.79 Å². The largest absolute Gasteiger partial charge is 0.496 e. The van der Waals surface area contributed by atoms with Crippen LogP contribution in [0.4, 0.5) is 10.6 Å². The first kappa shape index (κ1) is 18.3. The SMILES string of the molecule is COc1ccccc1CCNC(=O)NC(C)C(=O)Nc1cc(C)on1. The van der Waals surface area contributed by atoms with Crippen LogP contribution < -0.4 is 20.7 Å². The van der Waals surface area contributed by atoms with Crippen LogP contribution in [-0.2, 0) is 11.2 Å². The number of carbonyl (C=O) groups is 2. The molecule has 0 saturated heterocycles. The molecular formula is C17H22N4O4. The van der Waals surface area contributed by atoms with E-state index in [0.717, 1.165) is 11.3 Å². The molecule has 25 heavy (non-hydrogen) atoms. The fourth-order valence-corrected chi connectivity index (χ4v) is 2.19. The van der Waals surface area contributed by atoms with E-state index in [-0.39, 0.29) is 5.91 Å². The van der Waals surface area contributed by atoms with E-state index in [2.05, 4.69) is 21.1 Å². The first-order chi connectivity index (χ1) is 12.0. The normalized spacial score (nSPS) is 11.5. The molecule has 0 radical (unpaired) electrons. The van der Waals surface area contributed by atoms with Crippen LogP contribution in [0, 0.1) is 6.92 Å². The van der Waals surface area contributed by atoms with Gasteiger partial charge in [-0.05, 0) is 31.9 Å². The van der Waals surface area contributed by atoms with Crippen molar-refractivity contribution >= 4 is 17.8 Å². The van der Waals surface area contributed by atoms with Crippen LogP contribution in [0.1, 0.15) is 18.2 Å². The van der Waals surface area contributed by atoms with Crippen molar-refractivity contribution in [2.45, 2.75) is 26.3 Å². The number of anilines is 1. The van der Waals surface area contributed by atoms with Gasteiger partial charge in [-0.15, -0.1) is 0 Å². The number of nitrogens with one attached hydrogen (secondary N) is 3. The van der Waals surface area contributed by atoms with E-state index in [4.69, 9.17) is 9.26 Å². The summed E-state index contributed by atoms with van der Waals surface area (Å²) in [4.78, 5) is 23.9. The molecule has 3 N–H and O–H groups in total. The van der Waals surface area contributed by atoms with Crippen LogP contribution in [0.5, 0.6) is 5.75 Å². The third kappa shape index (κ3) is 5.52. The number of carbonyl (C=O) groups excluding carboxylic acids is 2. The summed E-state index contributed by atoms with van der Waals surface area (Å²) >= 11 is 0. The molecule has 2 aromatic rings. The lowest BCUT2D eigenvalue weighted by molar-refractivity contribution is -0.117. The molecule has 0 aliphatic heterocycles. The maximum absolute atomic E-state index is 12.0. The summed E-state index contributed by atoms with van der Waals surface area (Å²) in [6.45, 7) is 3.73. The maximum Gasteiger partial charge on any atom is 0.315 e. The van der Waals surface area contributed by atoms with E-state index in [9.17, 15) is 9.59 Å². The quantitative estimate of drug-likeness (QED) is 0.710. The van der Waals surface area contributed by atoms with E-state index in [1.54, 1.807) is 27.0 Å². The lowest BCUT2D eigenvalue weighted by Crippen LogP contribution is -2.46. The predicted octanol–water partition coefficient (Wildman–Crippen LogP) is 1.86. The number of hydrogen-bond acceptors (Lipinski definition) is 5. The van der Waals surface area contributed by atoms with Gasteiger partial charge in [0.25, 0.3) is 0 Å². The average molecular weight is 346 g/mol. The lowest BCUT2D eigenvalue weighted by atomic mass is 10.1. The average Bonchev–Trinajstić information content (AvgIpc) is 3.00. The highest BCUT2D eigenvalue weighted by Gasteiger charge is 2.16. The summed E-state index contributed by atoms with van der Waals surface area (Å²) in [6.07, 6.45) is 0.621. The molecule has 8 nitrogen and oxygen atoms in total. The van der Waals surface area contributed by atoms with Crippen molar-refractivity contribution in [2.75, 3.05) is 19.0 Å². The van der Waals surface area contributed by atoms with Crippen molar-refractivity contribution in [3.63, 3.8) is 0 Å². The molecule has 3 amide bonds. The minimum atomic E-state index is -0.719. The van der Waals surface area contributed by atoms with Crippen molar-refractivity contribution in [2.24, 2.45) is 0 Å². The first-order valence-electron chi connectivity index (χ1n) is 7.90. The standard InChI is InChI=1S/C17H22N4O4/c1-11-10-15(21-25-11)20-16(22)12(2)19-17(23)18-9-8-13-6-4-5-7-14(13)24-3/h4-7,10,12H,8-9H2,1-3H3,(H2,18,19,23)(H,20,21,22). The van der Waals surface area contributed by atoms with Gasteiger partial charge in [0.2, 0.25) is 5.91 Å². The van der Waals surface area contributed by atoms with Gasteiger partial charge in [-0.1, -0.05) is 23.4 Å². The zero-order valence-electron chi connectivity index (χ0n) is 14.5. The molecule has 1 atom stereocenters. The number of rotatable bonds is 7. The number of hydrogen-bond donors (Lipinski definition) is 3. The van der Waals surface area contributed by atoms with Gasteiger partial charge >= 0.3 is 6.03 Å². The number of aryl methyl sites for hydroxylation is 1. The molecule has 1 aromatic carbocycles. The van der Waals surface area contributed by atoms with Crippen molar-refractivity contribution in [3.8, 4) is 5.75 Å². The third-order valence-corrected chi connectivity index (χ3v) is 3.49. The maximum atomic E-state index is 12.0. The highest BCUT2D eigenvalue weighted by Crippen LogP contribution is 2.17. The van der Waals surface area contributed by atoms with E-state index >= 15 is 0 Å². The molecule has 1 unspecified atom stereocenters. The molecule has 0 bridgehead atoms. The number of nitrogens with zero attached hydrogens (tertiary/aromatic N) is 1. The lowest BCUT2D eigenvalue weighted by Gasteiger charge is -2.14. The second-order valence-corrected chi connectivity index (χ2v) is 5.50. The van der Waals surface area contributed by atoms with Crippen LogP contribution in [0.2, 0.25) is 0 Å². The van der Waals surface area contributed by atoms with E-state index < -0.39 is 12.1 Å². The number of benzene rings is 1. The van der Waals surface area contributed by atoms with Crippen molar-refractivity contribution < 1.29 is 18.8 Å². The van der Waals surface area contributed by atoms with Gasteiger partial charge in [0.05, 0.1) is 7.11 Å². The molecule has 1 heterocycles. The van der Waals surface area contributed by atoms with Crippen LogP contribution in [0.15, 0.2) is 34.9 Å². The van der Waals surface area contributed by atoms with Crippen LogP contribution in [0.25, 0.3) is 0 Å². The molecule has 0 aliphatic rings. The summed E-state index contributed by atoms with van der Waals surface area (Å²) in [5.41, 5.74) is 0.998. The summed E-state index contributed by atoms with van der Waals surface area (Å²) in [7, 11) is 1.61. The predicted molar refractivity (Wildman–Crippen MR) is 92.6 cm³/mol. The van der Waals surface area contributed by atoms with Crippen LogP contribution >= 0.6 is 0 Å². The molecule has 1 aromatic heterocycles. The summed E-state index contributed by atoms with van der Waals surface area (Å²) in [5.74, 6) is 1.30. The fraction of sp³-hybridized carbons (Fsp3) is 0.353. The zero-order chi connectivity index (χ0) is 18.2. The molecule has 134 valence electrons. The van der Waals surface area contributed by atoms with E-state index in [1.165, 1.54) is 0 Å². The van der Waals surface area contributed by atoms with Gasteiger partial charge in [-0.25, -0.2) is 4.79 Å². The Morgan fingerprint density at radius 3 is 2.76 bits per heavy atom. The first-order valence-corrected chi connectivity index (χ1v) is 7.90. The monoisotopic (exact) mass is 346 g/mol. The Morgan fingerprint density at radius 1 is 1.32 bits per heavy atom. The van der Waals surface area contributed by atoms with Gasteiger partial charge < -0.3 is 25.2 Å². The minimum absolute atomic E-state index is 0.313. The smallest absolute Gasteiger partial charge is 0.315 e. The van der Waals surface area contributed by atoms with Gasteiger partial charge in [0, 0.05) is 12.6 Å². The Hall–Kier alpha value is -3.03. The second kappa shape index (κ2) is 8.72. The number of methoxy groups -OCH3 is 1. The molecule has 0 saturated carbocycles. The topological polar surface area (TPSA) is 105 Å². The summed E-state index contributed by atoms with van der Waals surface area (Å²) in [5, 5.41) is 11.5. The van der Waals surface area contributed by atoms with E-state index in [0.29, 0.717) is 24.5 Å². The Labute approximate surface area is 145 Å². The molecule has 8 heteroatoms. The van der Waals surface area contributed by atoms with Crippen molar-refractivity contribution in [1.82, 2.24) is 15.8 Å².